The van der Waals surface area contributed by atoms with Crippen LogP contribution in [0.15, 0.2) is 0 Å². The van der Waals surface area contributed by atoms with Crippen molar-refractivity contribution in [2.45, 2.75) is 26.3 Å². The van der Waals surface area contributed by atoms with Crippen LogP contribution in [0.4, 0.5) is 0 Å². The molecule has 19 heavy (non-hydrogen) atoms. The molecule has 5 nitrogen and oxygen atoms in total. The molecule has 2 aliphatic rings. The summed E-state index contributed by atoms with van der Waals surface area (Å²) < 4.78 is 5.25. The summed E-state index contributed by atoms with van der Waals surface area (Å²) in [5.41, 5.74) is 0. The predicted octanol–water partition coefficient (Wildman–Crippen LogP) is 0.165. The molecule has 1 atom stereocenters. The van der Waals surface area contributed by atoms with E-state index in [0.29, 0.717) is 31.7 Å². The van der Waals surface area contributed by atoms with Crippen LogP contribution in [0.3, 0.4) is 0 Å². The van der Waals surface area contributed by atoms with Crippen LogP contribution in [0.25, 0.3) is 0 Å². The second-order valence-corrected chi connectivity index (χ2v) is 5.87. The van der Waals surface area contributed by atoms with Gasteiger partial charge in [0.2, 0.25) is 5.91 Å². The average molecular weight is 269 g/mol. The summed E-state index contributed by atoms with van der Waals surface area (Å²) >= 11 is 0. The van der Waals surface area contributed by atoms with Crippen molar-refractivity contribution in [3.05, 3.63) is 0 Å². The molecule has 2 rings (SSSR count). The number of hydrogen-bond acceptors (Lipinski definition) is 4. The first kappa shape index (κ1) is 14.8. The van der Waals surface area contributed by atoms with Crippen molar-refractivity contribution in [2.24, 2.45) is 5.92 Å². The van der Waals surface area contributed by atoms with Gasteiger partial charge in [-0.05, 0) is 39.3 Å². The van der Waals surface area contributed by atoms with Crippen molar-refractivity contribution in [2.75, 3.05) is 52.5 Å². The Morgan fingerprint density at radius 1 is 1.32 bits per heavy atom. The molecule has 0 aliphatic carbocycles. The Kier molecular flexibility index (Phi) is 5.60. The zero-order chi connectivity index (χ0) is 13.7. The van der Waals surface area contributed by atoms with Gasteiger partial charge in [0.05, 0.1) is 19.8 Å². The van der Waals surface area contributed by atoms with E-state index in [-0.39, 0.29) is 5.91 Å². The lowest BCUT2D eigenvalue weighted by Gasteiger charge is -2.27. The van der Waals surface area contributed by atoms with Crippen molar-refractivity contribution in [1.29, 1.82) is 0 Å². The molecule has 0 spiro atoms. The zero-order valence-electron chi connectivity index (χ0n) is 12.2. The molecule has 0 aromatic rings. The SMILES string of the molecule is CC(C)N1CCC(CNCC(=O)N2CCOCC2)C1. The Balaban J connectivity index is 1.60. The van der Waals surface area contributed by atoms with E-state index in [4.69, 9.17) is 4.74 Å². The molecule has 2 aliphatic heterocycles. The topological polar surface area (TPSA) is 44.8 Å². The summed E-state index contributed by atoms with van der Waals surface area (Å²) in [7, 11) is 0. The quantitative estimate of drug-likeness (QED) is 0.772. The van der Waals surface area contributed by atoms with Gasteiger partial charge >= 0.3 is 0 Å². The molecular formula is C14H27N3O2. The first-order valence-corrected chi connectivity index (χ1v) is 7.47. The normalized spacial score (nSPS) is 25.2. The summed E-state index contributed by atoms with van der Waals surface area (Å²) in [6.45, 7) is 11.1. The van der Waals surface area contributed by atoms with E-state index in [2.05, 4.69) is 24.1 Å². The number of ether oxygens (including phenoxy) is 1. The maximum absolute atomic E-state index is 11.9. The van der Waals surface area contributed by atoms with E-state index in [0.717, 1.165) is 26.2 Å². The van der Waals surface area contributed by atoms with E-state index in [1.165, 1.54) is 13.0 Å². The van der Waals surface area contributed by atoms with Gasteiger partial charge in [-0.1, -0.05) is 0 Å². The minimum Gasteiger partial charge on any atom is -0.378 e. The molecule has 1 unspecified atom stereocenters. The Bertz CT molecular complexity index is 290. The summed E-state index contributed by atoms with van der Waals surface area (Å²) in [5.74, 6) is 0.905. The van der Waals surface area contributed by atoms with E-state index in [1.807, 2.05) is 4.90 Å². The minimum atomic E-state index is 0.210. The van der Waals surface area contributed by atoms with Crippen LogP contribution in [0.2, 0.25) is 0 Å². The lowest BCUT2D eigenvalue weighted by Crippen LogP contribution is -2.45. The zero-order valence-corrected chi connectivity index (χ0v) is 12.2. The van der Waals surface area contributed by atoms with Gasteiger partial charge in [0.1, 0.15) is 0 Å². The van der Waals surface area contributed by atoms with Gasteiger partial charge in [0.15, 0.2) is 0 Å². The van der Waals surface area contributed by atoms with Crippen LogP contribution in [0.1, 0.15) is 20.3 Å². The molecule has 0 bridgehead atoms. The molecule has 1 amide bonds. The van der Waals surface area contributed by atoms with Gasteiger partial charge in [0.25, 0.3) is 0 Å². The molecule has 110 valence electrons. The monoisotopic (exact) mass is 269 g/mol. The third kappa shape index (κ3) is 4.44. The number of amides is 1. The number of likely N-dealkylation sites (tertiary alicyclic amines) is 1. The molecule has 0 aromatic carbocycles. The van der Waals surface area contributed by atoms with E-state index < -0.39 is 0 Å². The highest BCUT2D eigenvalue weighted by molar-refractivity contribution is 5.78. The minimum absolute atomic E-state index is 0.210. The van der Waals surface area contributed by atoms with Crippen LogP contribution in [0, 0.1) is 5.92 Å². The first-order chi connectivity index (χ1) is 9.16. The smallest absolute Gasteiger partial charge is 0.236 e. The van der Waals surface area contributed by atoms with Gasteiger partial charge in [-0.2, -0.15) is 0 Å². The molecule has 0 aromatic heterocycles. The highest BCUT2D eigenvalue weighted by Crippen LogP contribution is 2.17. The van der Waals surface area contributed by atoms with E-state index in [9.17, 15) is 4.79 Å². The number of rotatable bonds is 5. The first-order valence-electron chi connectivity index (χ1n) is 7.47. The number of morpholine rings is 1. The number of carbonyl (C=O) groups excluding carboxylic acids is 1. The molecule has 0 saturated carbocycles. The standard InChI is InChI=1S/C14H27N3O2/c1-12(2)17-4-3-13(11-17)9-15-10-14(18)16-5-7-19-8-6-16/h12-13,15H,3-11H2,1-2H3. The molecule has 2 saturated heterocycles. The van der Waals surface area contributed by atoms with Crippen molar-refractivity contribution in [3.8, 4) is 0 Å². The molecule has 5 heteroatoms. The fourth-order valence-corrected chi connectivity index (χ4v) is 2.81. The fraction of sp³-hybridized carbons (Fsp3) is 0.929. The highest BCUT2D eigenvalue weighted by atomic mass is 16.5. The Labute approximate surface area is 116 Å². The Hall–Kier alpha value is -0.650. The Morgan fingerprint density at radius 3 is 2.68 bits per heavy atom. The lowest BCUT2D eigenvalue weighted by molar-refractivity contribution is -0.134. The van der Waals surface area contributed by atoms with E-state index in [1.54, 1.807) is 0 Å². The Morgan fingerprint density at radius 2 is 2.05 bits per heavy atom. The summed E-state index contributed by atoms with van der Waals surface area (Å²) in [4.78, 5) is 16.3. The number of hydrogen-bond donors (Lipinski definition) is 1. The number of carbonyl (C=O) groups is 1. The van der Waals surface area contributed by atoms with Gasteiger partial charge in [-0.3, -0.25) is 4.79 Å². The van der Waals surface area contributed by atoms with Gasteiger partial charge < -0.3 is 19.9 Å². The number of nitrogens with zero attached hydrogens (tertiary/aromatic N) is 2. The predicted molar refractivity (Wildman–Crippen MR) is 75.1 cm³/mol. The third-order valence-electron chi connectivity index (χ3n) is 4.12. The second-order valence-electron chi connectivity index (χ2n) is 5.87. The molecule has 2 heterocycles. The maximum atomic E-state index is 11.9. The second kappa shape index (κ2) is 7.22. The van der Waals surface area contributed by atoms with Gasteiger partial charge in [-0.15, -0.1) is 0 Å². The summed E-state index contributed by atoms with van der Waals surface area (Å²) in [6.07, 6.45) is 1.25. The fourth-order valence-electron chi connectivity index (χ4n) is 2.81. The van der Waals surface area contributed by atoms with Gasteiger partial charge in [-0.25, -0.2) is 0 Å². The van der Waals surface area contributed by atoms with Crippen LogP contribution in [0.5, 0.6) is 0 Å². The largest absolute Gasteiger partial charge is 0.378 e. The summed E-state index contributed by atoms with van der Waals surface area (Å²) in [6, 6.07) is 0.639. The lowest BCUT2D eigenvalue weighted by atomic mass is 10.1. The number of nitrogens with one attached hydrogen (secondary N) is 1. The van der Waals surface area contributed by atoms with Crippen LogP contribution in [-0.4, -0.2) is 74.2 Å². The summed E-state index contributed by atoms with van der Waals surface area (Å²) in [5, 5.41) is 3.33. The third-order valence-corrected chi connectivity index (χ3v) is 4.12. The van der Waals surface area contributed by atoms with Crippen LogP contribution < -0.4 is 5.32 Å². The van der Waals surface area contributed by atoms with Crippen molar-refractivity contribution < 1.29 is 9.53 Å². The van der Waals surface area contributed by atoms with Crippen molar-refractivity contribution in [1.82, 2.24) is 15.1 Å². The van der Waals surface area contributed by atoms with E-state index >= 15 is 0 Å². The van der Waals surface area contributed by atoms with Crippen molar-refractivity contribution >= 4 is 5.91 Å². The molecule has 1 N–H and O–H groups in total. The molecule has 0 radical (unpaired) electrons. The maximum Gasteiger partial charge on any atom is 0.236 e. The van der Waals surface area contributed by atoms with Crippen LogP contribution >= 0.6 is 0 Å². The highest BCUT2D eigenvalue weighted by Gasteiger charge is 2.24. The molecular weight excluding hydrogens is 242 g/mol. The average Bonchev–Trinajstić information content (AvgIpc) is 2.89. The molecule has 2 fully saturated rings. The van der Waals surface area contributed by atoms with Crippen molar-refractivity contribution in [3.63, 3.8) is 0 Å². The van der Waals surface area contributed by atoms with Crippen LogP contribution in [-0.2, 0) is 9.53 Å². The van der Waals surface area contributed by atoms with Gasteiger partial charge in [0, 0.05) is 25.7 Å².